The fourth-order valence-corrected chi connectivity index (χ4v) is 0. The van der Waals surface area contributed by atoms with Gasteiger partial charge in [0.1, 0.15) is 0 Å². The van der Waals surface area contributed by atoms with Gasteiger partial charge in [0.2, 0.25) is 0 Å². The Labute approximate surface area is 173 Å². The zero-order chi connectivity index (χ0) is 20.6. The summed E-state index contributed by atoms with van der Waals surface area (Å²) in [6.45, 7) is 22.2. The average molecular weight is 396 g/mol. The monoisotopic (exact) mass is 396 g/mol. The molecule has 0 aromatic carbocycles. The van der Waals surface area contributed by atoms with E-state index in [1.807, 2.05) is 55.4 Å². The van der Waals surface area contributed by atoms with E-state index in [9.17, 15) is 20.4 Å². The van der Waals surface area contributed by atoms with Gasteiger partial charge in [0.15, 0.2) is 0 Å². The van der Waals surface area contributed by atoms with Crippen molar-refractivity contribution in [1.82, 2.24) is 0 Å². The van der Waals surface area contributed by atoms with E-state index in [1.54, 1.807) is 27.7 Å². The second-order valence-corrected chi connectivity index (χ2v) is 7.80. The fraction of sp³-hybridized carbons (Fsp3) is 1.00. The number of hydrogen-bond acceptors (Lipinski definition) is 4. The maximum atomic E-state index is 10.2. The number of rotatable bonds is 4. The molecule has 0 aliphatic carbocycles. The SMILES string of the molecule is CC(C)C(C)[O-].CC(C)C(C)[O-].CC(C)C(C)[O-].CC(C)C(C)[O-].[Ti+4]. The first-order chi connectivity index (χ1) is 10.6. The molecule has 0 fully saturated rings. The molecule has 0 aromatic rings. The van der Waals surface area contributed by atoms with E-state index in [-0.39, 0.29) is 21.7 Å². The van der Waals surface area contributed by atoms with Crippen LogP contribution in [-0.4, -0.2) is 24.4 Å². The molecule has 0 heterocycles. The van der Waals surface area contributed by atoms with Crippen molar-refractivity contribution in [3.63, 3.8) is 0 Å². The third-order valence-electron chi connectivity index (χ3n) is 3.76. The molecule has 0 bridgehead atoms. The Hall–Kier alpha value is 0.554. The van der Waals surface area contributed by atoms with Gasteiger partial charge in [-0.2, -0.15) is 0 Å². The van der Waals surface area contributed by atoms with Crippen molar-refractivity contribution in [2.45, 2.75) is 108 Å². The summed E-state index contributed by atoms with van der Waals surface area (Å²) in [7, 11) is 0. The van der Waals surface area contributed by atoms with Crippen LogP contribution < -0.4 is 20.4 Å². The van der Waals surface area contributed by atoms with Crippen LogP contribution in [-0.2, 0) is 21.7 Å². The van der Waals surface area contributed by atoms with E-state index < -0.39 is 24.4 Å². The quantitative estimate of drug-likeness (QED) is 0.674. The molecule has 0 saturated carbocycles. The Balaban J connectivity index is -0.0000000702. The van der Waals surface area contributed by atoms with Crippen molar-refractivity contribution in [1.29, 1.82) is 0 Å². The largest absolute Gasteiger partial charge is 4.00 e. The normalized spacial score (nSPS) is 14.9. The first-order valence-electron chi connectivity index (χ1n) is 9.20. The minimum Gasteiger partial charge on any atom is -0.852 e. The van der Waals surface area contributed by atoms with Gasteiger partial charge in [0.25, 0.3) is 0 Å². The molecular weight excluding hydrogens is 352 g/mol. The molecule has 0 aromatic heterocycles. The minimum atomic E-state index is -0.398. The van der Waals surface area contributed by atoms with Crippen LogP contribution in [0.5, 0.6) is 0 Å². The molecule has 0 amide bonds. The second kappa shape index (κ2) is 22.6. The van der Waals surface area contributed by atoms with E-state index in [2.05, 4.69) is 0 Å². The second-order valence-electron chi connectivity index (χ2n) is 7.80. The van der Waals surface area contributed by atoms with Crippen molar-refractivity contribution in [2.24, 2.45) is 23.7 Å². The predicted octanol–water partition coefficient (Wildman–Crippen LogP) is 1.56. The van der Waals surface area contributed by atoms with Gasteiger partial charge in [0, 0.05) is 0 Å². The van der Waals surface area contributed by atoms with E-state index in [0.717, 1.165) is 0 Å². The molecule has 0 rings (SSSR count). The van der Waals surface area contributed by atoms with Gasteiger partial charge in [-0.3, -0.25) is 0 Å². The van der Waals surface area contributed by atoms with E-state index in [0.29, 0.717) is 23.7 Å². The topological polar surface area (TPSA) is 92.2 Å². The van der Waals surface area contributed by atoms with E-state index >= 15 is 0 Å². The standard InChI is InChI=1S/4C5H11O.Ti/c4*1-4(2)5(3)6;/h4*4-5H,1-3H3;/q4*-1;+4. The fourth-order valence-electron chi connectivity index (χ4n) is 0. The van der Waals surface area contributed by atoms with Gasteiger partial charge >= 0.3 is 21.7 Å². The Morgan fingerprint density at radius 2 is 0.360 bits per heavy atom. The van der Waals surface area contributed by atoms with Crippen LogP contribution in [0.25, 0.3) is 0 Å². The first kappa shape index (κ1) is 36.5. The number of hydrogen-bond donors (Lipinski definition) is 0. The van der Waals surface area contributed by atoms with E-state index in [4.69, 9.17) is 0 Å². The van der Waals surface area contributed by atoms with Crippen molar-refractivity contribution < 1.29 is 42.1 Å². The molecule has 25 heavy (non-hydrogen) atoms. The zero-order valence-electron chi connectivity index (χ0n) is 18.8. The van der Waals surface area contributed by atoms with Crippen LogP contribution >= 0.6 is 0 Å². The molecule has 0 spiro atoms. The van der Waals surface area contributed by atoms with Gasteiger partial charge in [-0.25, -0.2) is 0 Å². The maximum absolute atomic E-state index is 10.2. The Kier molecular flexibility index (Phi) is 33.0. The van der Waals surface area contributed by atoms with Crippen molar-refractivity contribution in [3.05, 3.63) is 0 Å². The van der Waals surface area contributed by atoms with Crippen LogP contribution in [0.4, 0.5) is 0 Å². The van der Waals surface area contributed by atoms with Crippen molar-refractivity contribution in [3.8, 4) is 0 Å². The minimum absolute atomic E-state index is 0. The van der Waals surface area contributed by atoms with Gasteiger partial charge in [-0.05, 0) is 0 Å². The molecule has 0 aliphatic rings. The Morgan fingerprint density at radius 1 is 0.320 bits per heavy atom. The van der Waals surface area contributed by atoms with Gasteiger partial charge in [-0.15, -0.1) is 24.4 Å². The molecule has 0 aliphatic heterocycles. The molecule has 4 nitrogen and oxygen atoms in total. The third-order valence-corrected chi connectivity index (χ3v) is 3.76. The summed E-state index contributed by atoms with van der Waals surface area (Å²) in [5.41, 5.74) is 0. The Bertz CT molecular complexity index is 154. The molecule has 5 heteroatoms. The smallest absolute Gasteiger partial charge is 0.852 e. The third kappa shape index (κ3) is 45.6. The molecule has 152 valence electrons. The van der Waals surface area contributed by atoms with Crippen LogP contribution in [0.1, 0.15) is 83.1 Å². The molecule has 0 saturated heterocycles. The molecule has 4 atom stereocenters. The van der Waals surface area contributed by atoms with Gasteiger partial charge in [-0.1, -0.05) is 107 Å². The van der Waals surface area contributed by atoms with Crippen LogP contribution in [0, 0.1) is 23.7 Å². The summed E-state index contributed by atoms with van der Waals surface area (Å²) in [5.74, 6) is 1.19. The summed E-state index contributed by atoms with van der Waals surface area (Å²) < 4.78 is 0. The van der Waals surface area contributed by atoms with Crippen molar-refractivity contribution >= 4 is 0 Å². The van der Waals surface area contributed by atoms with Gasteiger partial charge in [0.05, 0.1) is 0 Å². The summed E-state index contributed by atoms with van der Waals surface area (Å²) in [6.07, 6.45) is -1.59. The summed E-state index contributed by atoms with van der Waals surface area (Å²) in [5, 5.41) is 40.9. The average Bonchev–Trinajstić information content (AvgIpc) is 2.40. The Morgan fingerprint density at radius 3 is 0.360 bits per heavy atom. The van der Waals surface area contributed by atoms with Crippen molar-refractivity contribution in [2.75, 3.05) is 0 Å². The summed E-state index contributed by atoms with van der Waals surface area (Å²) in [6, 6.07) is 0. The van der Waals surface area contributed by atoms with E-state index in [1.165, 1.54) is 0 Å². The van der Waals surface area contributed by atoms with Crippen LogP contribution in [0.15, 0.2) is 0 Å². The molecular formula is C20H44O4Ti. The summed E-state index contributed by atoms with van der Waals surface area (Å²) >= 11 is 0. The molecule has 0 radical (unpaired) electrons. The first-order valence-corrected chi connectivity index (χ1v) is 9.20. The van der Waals surface area contributed by atoms with Crippen LogP contribution in [0.3, 0.4) is 0 Å². The summed E-state index contributed by atoms with van der Waals surface area (Å²) in [4.78, 5) is 0. The molecule has 0 N–H and O–H groups in total. The molecule has 4 unspecified atom stereocenters. The maximum Gasteiger partial charge on any atom is 4.00 e. The van der Waals surface area contributed by atoms with Crippen LogP contribution in [0.2, 0.25) is 0 Å². The zero-order valence-corrected chi connectivity index (χ0v) is 20.3. The predicted molar refractivity (Wildman–Crippen MR) is 97.2 cm³/mol. The van der Waals surface area contributed by atoms with Gasteiger partial charge < -0.3 is 20.4 Å².